The highest BCUT2D eigenvalue weighted by molar-refractivity contribution is 6.30. The fraction of sp³-hybridized carbons (Fsp3) is 0.267. The fourth-order valence-electron chi connectivity index (χ4n) is 1.87. The predicted octanol–water partition coefficient (Wildman–Crippen LogP) is 3.89. The molecule has 1 N–H and O–H groups in total. The van der Waals surface area contributed by atoms with Crippen LogP contribution in [0, 0.1) is 6.92 Å². The van der Waals surface area contributed by atoms with Crippen molar-refractivity contribution in [1.29, 1.82) is 0 Å². The van der Waals surface area contributed by atoms with E-state index in [-0.39, 0.29) is 6.04 Å². The maximum absolute atomic E-state index is 5.95. The van der Waals surface area contributed by atoms with Crippen molar-refractivity contribution in [3.8, 4) is 0 Å². The van der Waals surface area contributed by atoms with Crippen LogP contribution >= 0.6 is 11.6 Å². The number of nitrogens with zero attached hydrogens (tertiary/aromatic N) is 1. The van der Waals surface area contributed by atoms with E-state index < -0.39 is 0 Å². The zero-order valence-electron chi connectivity index (χ0n) is 10.7. The van der Waals surface area contributed by atoms with Crippen LogP contribution in [0.25, 0.3) is 0 Å². The molecule has 1 atom stereocenters. The van der Waals surface area contributed by atoms with E-state index >= 15 is 0 Å². The van der Waals surface area contributed by atoms with Gasteiger partial charge in [-0.15, -0.1) is 0 Å². The highest BCUT2D eigenvalue weighted by Gasteiger charge is 2.05. The number of halogens is 1. The van der Waals surface area contributed by atoms with E-state index in [1.165, 1.54) is 16.7 Å². The molecule has 0 fully saturated rings. The Hall–Kier alpha value is -1.38. The van der Waals surface area contributed by atoms with Gasteiger partial charge in [-0.05, 0) is 48.7 Å². The van der Waals surface area contributed by atoms with Crippen molar-refractivity contribution in [2.75, 3.05) is 0 Å². The Balaban J connectivity index is 1.99. The van der Waals surface area contributed by atoms with Gasteiger partial charge in [0.05, 0.1) is 0 Å². The van der Waals surface area contributed by atoms with Crippen LogP contribution in [0.2, 0.25) is 5.02 Å². The lowest BCUT2D eigenvalue weighted by Crippen LogP contribution is -2.18. The molecule has 1 aromatic carbocycles. The minimum atomic E-state index is 0.286. The third-order valence-corrected chi connectivity index (χ3v) is 3.32. The largest absolute Gasteiger partial charge is 0.306 e. The van der Waals surface area contributed by atoms with Gasteiger partial charge in [0.15, 0.2) is 0 Å². The Kier molecular flexibility index (Phi) is 4.34. The van der Waals surface area contributed by atoms with Crippen molar-refractivity contribution in [3.63, 3.8) is 0 Å². The van der Waals surface area contributed by atoms with Crippen LogP contribution in [0.4, 0.5) is 0 Å². The lowest BCUT2D eigenvalue weighted by Gasteiger charge is -2.15. The van der Waals surface area contributed by atoms with Gasteiger partial charge < -0.3 is 5.32 Å². The summed E-state index contributed by atoms with van der Waals surface area (Å²) in [7, 11) is 0. The number of aryl methyl sites for hydroxylation is 1. The van der Waals surface area contributed by atoms with Gasteiger partial charge in [-0.2, -0.15) is 0 Å². The number of nitrogens with one attached hydrogen (secondary N) is 1. The number of benzene rings is 1. The van der Waals surface area contributed by atoms with Gasteiger partial charge in [-0.25, -0.2) is 0 Å². The second-order valence-electron chi connectivity index (χ2n) is 4.46. The molecule has 0 radical (unpaired) electrons. The second kappa shape index (κ2) is 5.98. The van der Waals surface area contributed by atoms with Gasteiger partial charge in [-0.1, -0.05) is 23.7 Å². The maximum atomic E-state index is 5.95. The van der Waals surface area contributed by atoms with Crippen LogP contribution in [-0.2, 0) is 6.54 Å². The van der Waals surface area contributed by atoms with E-state index in [1.807, 2.05) is 24.4 Å². The highest BCUT2D eigenvalue weighted by atomic mass is 35.5. The molecular formula is C15H17ClN2. The Morgan fingerprint density at radius 1 is 1.33 bits per heavy atom. The van der Waals surface area contributed by atoms with E-state index in [2.05, 4.69) is 36.3 Å². The fourth-order valence-corrected chi connectivity index (χ4v) is 2.10. The minimum absolute atomic E-state index is 0.286. The van der Waals surface area contributed by atoms with Gasteiger partial charge in [0.25, 0.3) is 0 Å². The first-order chi connectivity index (χ1) is 8.66. The van der Waals surface area contributed by atoms with Crippen molar-refractivity contribution in [3.05, 3.63) is 64.4 Å². The van der Waals surface area contributed by atoms with Crippen LogP contribution < -0.4 is 5.32 Å². The summed E-state index contributed by atoms with van der Waals surface area (Å²) in [5, 5.41) is 4.28. The molecule has 0 saturated carbocycles. The molecule has 2 rings (SSSR count). The number of aromatic nitrogens is 1. The third kappa shape index (κ3) is 3.31. The molecule has 0 spiro atoms. The van der Waals surface area contributed by atoms with E-state index in [0.717, 1.165) is 11.6 Å². The van der Waals surface area contributed by atoms with Crippen molar-refractivity contribution in [1.82, 2.24) is 10.3 Å². The topological polar surface area (TPSA) is 24.9 Å². The van der Waals surface area contributed by atoms with Gasteiger partial charge in [-0.3, -0.25) is 4.98 Å². The molecule has 94 valence electrons. The van der Waals surface area contributed by atoms with Gasteiger partial charge in [0.2, 0.25) is 0 Å². The summed E-state index contributed by atoms with van der Waals surface area (Å²) >= 11 is 5.95. The molecule has 0 aliphatic rings. The van der Waals surface area contributed by atoms with E-state index in [0.29, 0.717) is 0 Å². The standard InChI is InChI=1S/C15H17ClN2/c1-11-8-15(16)6-5-13(11)10-18-12(2)14-4-3-7-17-9-14/h3-9,12,18H,10H2,1-2H3/t12-/m0/s1. The smallest absolute Gasteiger partial charge is 0.0408 e. The Labute approximate surface area is 113 Å². The van der Waals surface area contributed by atoms with E-state index in [4.69, 9.17) is 11.6 Å². The molecule has 0 aliphatic carbocycles. The lowest BCUT2D eigenvalue weighted by molar-refractivity contribution is 0.572. The average molecular weight is 261 g/mol. The molecule has 3 heteroatoms. The first-order valence-corrected chi connectivity index (χ1v) is 6.43. The summed E-state index contributed by atoms with van der Waals surface area (Å²) in [6, 6.07) is 10.3. The molecule has 2 nitrogen and oxygen atoms in total. The van der Waals surface area contributed by atoms with E-state index in [1.54, 1.807) is 6.20 Å². The minimum Gasteiger partial charge on any atom is -0.306 e. The normalized spacial score (nSPS) is 12.4. The number of hydrogen-bond acceptors (Lipinski definition) is 2. The van der Waals surface area contributed by atoms with Crippen LogP contribution in [0.3, 0.4) is 0 Å². The third-order valence-electron chi connectivity index (χ3n) is 3.09. The van der Waals surface area contributed by atoms with Crippen LogP contribution in [0.5, 0.6) is 0 Å². The number of pyridine rings is 1. The zero-order chi connectivity index (χ0) is 13.0. The average Bonchev–Trinajstić information content (AvgIpc) is 2.38. The lowest BCUT2D eigenvalue weighted by atomic mass is 10.1. The van der Waals surface area contributed by atoms with Crippen LogP contribution in [0.15, 0.2) is 42.7 Å². The molecule has 2 aromatic rings. The van der Waals surface area contributed by atoms with Gasteiger partial charge in [0.1, 0.15) is 0 Å². The van der Waals surface area contributed by atoms with Crippen molar-refractivity contribution in [2.45, 2.75) is 26.4 Å². The molecule has 0 amide bonds. The number of rotatable bonds is 4. The summed E-state index contributed by atoms with van der Waals surface area (Å²) in [6.45, 7) is 5.05. The van der Waals surface area contributed by atoms with Crippen molar-refractivity contribution < 1.29 is 0 Å². The predicted molar refractivity (Wildman–Crippen MR) is 75.7 cm³/mol. The molecule has 18 heavy (non-hydrogen) atoms. The number of hydrogen-bond donors (Lipinski definition) is 1. The van der Waals surface area contributed by atoms with E-state index in [9.17, 15) is 0 Å². The molecular weight excluding hydrogens is 244 g/mol. The quantitative estimate of drug-likeness (QED) is 0.902. The molecule has 0 unspecified atom stereocenters. The monoisotopic (exact) mass is 260 g/mol. The molecule has 1 heterocycles. The molecule has 0 bridgehead atoms. The summed E-state index contributed by atoms with van der Waals surface area (Å²) in [5.74, 6) is 0. The summed E-state index contributed by atoms with van der Waals surface area (Å²) in [6.07, 6.45) is 3.69. The first-order valence-electron chi connectivity index (χ1n) is 6.05. The maximum Gasteiger partial charge on any atom is 0.0408 e. The zero-order valence-corrected chi connectivity index (χ0v) is 11.4. The summed E-state index contributed by atoms with van der Waals surface area (Å²) in [4.78, 5) is 4.13. The van der Waals surface area contributed by atoms with Gasteiger partial charge in [0, 0.05) is 30.0 Å². The SMILES string of the molecule is Cc1cc(Cl)ccc1CN[C@@H](C)c1cccnc1. The second-order valence-corrected chi connectivity index (χ2v) is 4.90. The molecule has 0 saturated heterocycles. The van der Waals surface area contributed by atoms with Gasteiger partial charge >= 0.3 is 0 Å². The van der Waals surface area contributed by atoms with Crippen molar-refractivity contribution >= 4 is 11.6 Å². The van der Waals surface area contributed by atoms with Crippen LogP contribution in [-0.4, -0.2) is 4.98 Å². The molecule has 1 aromatic heterocycles. The summed E-state index contributed by atoms with van der Waals surface area (Å²) < 4.78 is 0. The molecule has 0 aliphatic heterocycles. The van der Waals surface area contributed by atoms with Crippen molar-refractivity contribution in [2.24, 2.45) is 0 Å². The van der Waals surface area contributed by atoms with Crippen LogP contribution in [0.1, 0.15) is 29.7 Å². The highest BCUT2D eigenvalue weighted by Crippen LogP contribution is 2.16. The Morgan fingerprint density at radius 3 is 2.83 bits per heavy atom. The Morgan fingerprint density at radius 2 is 2.17 bits per heavy atom. The summed E-state index contributed by atoms with van der Waals surface area (Å²) in [5.41, 5.74) is 3.69. The first kappa shape index (κ1) is 13.1. The Bertz CT molecular complexity index is 511.